The number of ether oxygens (including phenoxy) is 1. The maximum Gasteiger partial charge on any atom is 0.410 e. The quantitative estimate of drug-likeness (QED) is 0.723. The molecule has 130 valence electrons. The Hall–Kier alpha value is -2.33. The number of imidazole rings is 1. The van der Waals surface area contributed by atoms with Gasteiger partial charge >= 0.3 is 6.09 Å². The highest BCUT2D eigenvalue weighted by Gasteiger charge is 2.30. The molecular formula is C18H19BrN4O2. The fourth-order valence-electron chi connectivity index (χ4n) is 2.85. The molecule has 0 atom stereocenters. The molecule has 1 aliphatic rings. The summed E-state index contributed by atoms with van der Waals surface area (Å²) in [7, 11) is 1.90. The Morgan fingerprint density at radius 2 is 2.08 bits per heavy atom. The molecule has 0 unspecified atom stereocenters. The lowest BCUT2D eigenvalue weighted by Gasteiger charge is -2.24. The molecule has 6 nitrogen and oxygen atoms in total. The van der Waals surface area contributed by atoms with Crippen molar-refractivity contribution in [2.24, 2.45) is 7.05 Å². The lowest BCUT2D eigenvalue weighted by molar-refractivity contribution is 0.0242. The first-order chi connectivity index (χ1) is 11.7. The van der Waals surface area contributed by atoms with Crippen molar-refractivity contribution in [3.05, 3.63) is 39.6 Å². The van der Waals surface area contributed by atoms with Crippen LogP contribution < -0.4 is 0 Å². The lowest BCUT2D eigenvalue weighted by Crippen LogP contribution is -2.33. The van der Waals surface area contributed by atoms with Crippen molar-refractivity contribution in [2.75, 3.05) is 0 Å². The maximum absolute atomic E-state index is 12.3. The van der Waals surface area contributed by atoms with Gasteiger partial charge in [0.25, 0.3) is 0 Å². The largest absolute Gasteiger partial charge is 0.444 e. The Morgan fingerprint density at radius 3 is 2.64 bits per heavy atom. The van der Waals surface area contributed by atoms with Crippen LogP contribution in [0.25, 0.3) is 11.4 Å². The van der Waals surface area contributed by atoms with Crippen LogP contribution in [0.1, 0.15) is 37.5 Å². The van der Waals surface area contributed by atoms with E-state index < -0.39 is 5.60 Å². The van der Waals surface area contributed by atoms with E-state index >= 15 is 0 Å². The van der Waals surface area contributed by atoms with E-state index in [0.29, 0.717) is 18.7 Å². The predicted octanol–water partition coefficient (Wildman–Crippen LogP) is 3.97. The number of hydrogen-bond donors (Lipinski definition) is 0. The van der Waals surface area contributed by atoms with Crippen LogP contribution in [-0.4, -0.2) is 26.1 Å². The molecule has 2 heterocycles. The monoisotopic (exact) mass is 402 g/mol. The van der Waals surface area contributed by atoms with E-state index in [4.69, 9.17) is 4.74 Å². The Morgan fingerprint density at radius 1 is 1.36 bits per heavy atom. The van der Waals surface area contributed by atoms with Crippen molar-refractivity contribution in [1.29, 1.82) is 5.26 Å². The van der Waals surface area contributed by atoms with Gasteiger partial charge in [0.2, 0.25) is 0 Å². The summed E-state index contributed by atoms with van der Waals surface area (Å²) in [6.07, 6.45) is 1.36. The number of amides is 1. The van der Waals surface area contributed by atoms with Gasteiger partial charge in [-0.3, -0.25) is 4.90 Å². The topological polar surface area (TPSA) is 71.2 Å². The van der Waals surface area contributed by atoms with Gasteiger partial charge in [0.05, 0.1) is 24.4 Å². The molecule has 0 radical (unpaired) electrons. The lowest BCUT2D eigenvalue weighted by atomic mass is 10.00. The molecule has 0 saturated heterocycles. The summed E-state index contributed by atoms with van der Waals surface area (Å²) in [5.74, 6) is 0.766. The van der Waals surface area contributed by atoms with Crippen molar-refractivity contribution < 1.29 is 9.53 Å². The zero-order valence-electron chi connectivity index (χ0n) is 14.6. The Balaban J connectivity index is 1.95. The molecule has 1 aliphatic heterocycles. The molecular weight excluding hydrogens is 384 g/mol. The zero-order valence-corrected chi connectivity index (χ0v) is 16.2. The normalized spacial score (nSPS) is 13.5. The number of rotatable bonds is 1. The van der Waals surface area contributed by atoms with E-state index in [1.54, 1.807) is 11.1 Å². The summed E-state index contributed by atoms with van der Waals surface area (Å²) in [6.45, 7) is 6.33. The summed E-state index contributed by atoms with van der Waals surface area (Å²) < 4.78 is 8.21. The highest BCUT2D eigenvalue weighted by atomic mass is 79.9. The number of hydrogen-bond acceptors (Lipinski definition) is 4. The van der Waals surface area contributed by atoms with Gasteiger partial charge in [0.1, 0.15) is 16.0 Å². The van der Waals surface area contributed by atoms with Gasteiger partial charge in [0.15, 0.2) is 0 Å². The molecule has 7 heteroatoms. The van der Waals surface area contributed by atoms with Crippen LogP contribution in [0.5, 0.6) is 0 Å². The zero-order chi connectivity index (χ0) is 18.4. The molecule has 3 rings (SSSR count). The first kappa shape index (κ1) is 17.5. The third kappa shape index (κ3) is 3.40. The molecule has 2 aromatic rings. The van der Waals surface area contributed by atoms with E-state index in [1.165, 1.54) is 0 Å². The van der Waals surface area contributed by atoms with E-state index in [-0.39, 0.29) is 6.09 Å². The van der Waals surface area contributed by atoms with Crippen LogP contribution in [0, 0.1) is 11.3 Å². The minimum Gasteiger partial charge on any atom is -0.444 e. The minimum absolute atomic E-state index is 0.367. The average Bonchev–Trinajstić information content (AvgIpc) is 3.09. The van der Waals surface area contributed by atoms with E-state index in [1.807, 2.05) is 44.5 Å². The molecule has 0 fully saturated rings. The van der Waals surface area contributed by atoms with Gasteiger partial charge < -0.3 is 9.30 Å². The highest BCUT2D eigenvalue weighted by Crippen LogP contribution is 2.32. The number of halogens is 1. The summed E-state index contributed by atoms with van der Waals surface area (Å²) >= 11 is 3.43. The second kappa shape index (κ2) is 6.19. The Kier molecular flexibility index (Phi) is 4.33. The van der Waals surface area contributed by atoms with Crippen molar-refractivity contribution >= 4 is 22.0 Å². The van der Waals surface area contributed by atoms with Crippen LogP contribution in [0.3, 0.4) is 0 Å². The van der Waals surface area contributed by atoms with Crippen molar-refractivity contribution in [3.8, 4) is 17.5 Å². The maximum atomic E-state index is 12.3. The first-order valence-corrected chi connectivity index (χ1v) is 8.70. The molecule has 25 heavy (non-hydrogen) atoms. The third-order valence-corrected chi connectivity index (χ3v) is 4.75. The smallest absolute Gasteiger partial charge is 0.410 e. The fraction of sp³-hybridized carbons (Fsp3) is 0.389. The predicted molar refractivity (Wildman–Crippen MR) is 96.5 cm³/mol. The molecule has 1 aromatic heterocycles. The van der Waals surface area contributed by atoms with Gasteiger partial charge in [-0.2, -0.15) is 5.26 Å². The van der Waals surface area contributed by atoms with Crippen LogP contribution in [-0.2, 0) is 24.9 Å². The van der Waals surface area contributed by atoms with E-state index in [2.05, 4.69) is 27.0 Å². The Labute approximate surface area is 155 Å². The minimum atomic E-state index is -0.547. The number of carbonyl (C=O) groups is 1. The second-order valence-electron chi connectivity index (χ2n) is 7.07. The Bertz CT molecular complexity index is 890. The van der Waals surface area contributed by atoms with Crippen LogP contribution >= 0.6 is 15.9 Å². The van der Waals surface area contributed by atoms with E-state index in [9.17, 15) is 10.1 Å². The van der Waals surface area contributed by atoms with Gasteiger partial charge in [-0.25, -0.2) is 9.78 Å². The highest BCUT2D eigenvalue weighted by molar-refractivity contribution is 9.10. The van der Waals surface area contributed by atoms with Crippen LogP contribution in [0.15, 0.2) is 22.9 Å². The number of nitriles is 1. The third-order valence-electron chi connectivity index (χ3n) is 4.01. The van der Waals surface area contributed by atoms with Crippen molar-refractivity contribution in [2.45, 2.75) is 39.5 Å². The van der Waals surface area contributed by atoms with E-state index in [0.717, 1.165) is 27.1 Å². The second-order valence-corrected chi connectivity index (χ2v) is 7.89. The van der Waals surface area contributed by atoms with Gasteiger partial charge in [0, 0.05) is 19.2 Å². The number of aromatic nitrogens is 2. The summed E-state index contributed by atoms with van der Waals surface area (Å²) in [5, 5.41) is 9.54. The number of fused-ring (bicyclic) bond motifs is 1. The number of nitrogens with zero attached hydrogens (tertiary/aromatic N) is 4. The molecule has 1 amide bonds. The standard InChI is InChI=1S/C18H19BrN4O2/c1-18(2,3)25-17(24)23-9-13-6-11(5-12(7-20)14(13)10-23)16-21-8-15(19)22(16)4/h5-6,8H,9-10H2,1-4H3. The molecule has 0 N–H and O–H groups in total. The fourth-order valence-corrected chi connectivity index (χ4v) is 3.12. The van der Waals surface area contributed by atoms with Crippen molar-refractivity contribution in [3.63, 3.8) is 0 Å². The molecule has 1 aromatic carbocycles. The molecule has 0 spiro atoms. The van der Waals surface area contributed by atoms with Gasteiger partial charge in [-0.05, 0) is 60.0 Å². The molecule has 0 bridgehead atoms. The summed E-state index contributed by atoms with van der Waals surface area (Å²) in [4.78, 5) is 18.4. The van der Waals surface area contributed by atoms with Crippen LogP contribution in [0.2, 0.25) is 0 Å². The summed E-state index contributed by atoms with van der Waals surface area (Å²) in [5.41, 5.74) is 2.71. The van der Waals surface area contributed by atoms with Crippen molar-refractivity contribution in [1.82, 2.24) is 14.5 Å². The molecule has 0 saturated carbocycles. The average molecular weight is 403 g/mol. The summed E-state index contributed by atoms with van der Waals surface area (Å²) in [6, 6.07) is 6.06. The van der Waals surface area contributed by atoms with Gasteiger partial charge in [-0.1, -0.05) is 0 Å². The number of carbonyl (C=O) groups excluding carboxylic acids is 1. The first-order valence-electron chi connectivity index (χ1n) is 7.91. The SMILES string of the molecule is Cn1c(Br)cnc1-c1cc(C#N)c2c(c1)CN(C(=O)OC(C)(C)C)C2. The van der Waals surface area contributed by atoms with Crippen LogP contribution in [0.4, 0.5) is 4.79 Å². The molecule has 0 aliphatic carbocycles. The number of benzene rings is 1. The van der Waals surface area contributed by atoms with Gasteiger partial charge in [-0.15, -0.1) is 0 Å².